The molecule has 3 aromatic rings. The van der Waals surface area contributed by atoms with Crippen LogP contribution < -0.4 is 14.2 Å². The second-order valence-electron chi connectivity index (χ2n) is 8.31. The van der Waals surface area contributed by atoms with Crippen LogP contribution in [0.4, 0.5) is 0 Å². The lowest BCUT2D eigenvalue weighted by atomic mass is 9.90. The third-order valence-corrected chi connectivity index (χ3v) is 6.23. The van der Waals surface area contributed by atoms with Crippen LogP contribution in [0.2, 0.25) is 0 Å². The highest BCUT2D eigenvalue weighted by atomic mass is 16.5. The molecule has 170 valence electrons. The molecule has 0 bridgehead atoms. The van der Waals surface area contributed by atoms with E-state index in [0.29, 0.717) is 28.9 Å². The van der Waals surface area contributed by atoms with E-state index in [1.807, 2.05) is 6.07 Å². The smallest absolute Gasteiger partial charge is 0.338 e. The summed E-state index contributed by atoms with van der Waals surface area (Å²) in [4.78, 5) is 18.6. The monoisotopic (exact) mass is 438 g/mol. The Labute approximate surface area is 188 Å². The number of nitrogens with zero attached hydrogens (tertiary/aromatic N) is 1. The van der Waals surface area contributed by atoms with E-state index in [2.05, 4.69) is 36.1 Å². The van der Waals surface area contributed by atoms with E-state index in [0.717, 1.165) is 30.3 Å². The molecular weight excluding hydrogens is 408 g/mol. The van der Waals surface area contributed by atoms with E-state index in [1.165, 1.54) is 38.0 Å². The van der Waals surface area contributed by atoms with Crippen LogP contribution in [0.25, 0.3) is 10.9 Å². The van der Waals surface area contributed by atoms with E-state index in [4.69, 9.17) is 18.9 Å². The number of hydrogen-bond donors (Lipinski definition) is 1. The van der Waals surface area contributed by atoms with Crippen molar-refractivity contribution in [1.29, 1.82) is 0 Å². The fraction of sp³-hybridized carbons (Fsp3) is 0.400. The number of aromatic nitrogens is 1. The van der Waals surface area contributed by atoms with Crippen molar-refractivity contribution in [3.63, 3.8) is 0 Å². The summed E-state index contributed by atoms with van der Waals surface area (Å²) in [5, 5.41) is 1.22. The Morgan fingerprint density at radius 3 is 2.41 bits per heavy atom. The summed E-state index contributed by atoms with van der Waals surface area (Å²) in [5.74, 6) is 0.808. The van der Waals surface area contributed by atoms with Crippen LogP contribution in [0.3, 0.4) is 0 Å². The minimum absolute atomic E-state index is 0.183. The Morgan fingerprint density at radius 2 is 1.78 bits per heavy atom. The molecule has 1 heterocycles. The molecule has 2 aromatic carbocycles. The number of ether oxygens (including phenoxy) is 4. The highest BCUT2D eigenvalue weighted by Gasteiger charge is 2.24. The molecule has 0 radical (unpaired) electrons. The van der Waals surface area contributed by atoms with E-state index in [1.54, 1.807) is 12.1 Å². The molecule has 7 heteroatoms. The quantitative estimate of drug-likeness (QED) is 0.563. The number of likely N-dealkylation sites (N-methyl/N-ethyl adjacent to an activating group) is 1. The molecule has 7 nitrogen and oxygen atoms in total. The maximum absolute atomic E-state index is 12.7. The molecule has 1 atom stereocenters. The normalized spacial score (nSPS) is 15.5. The summed E-state index contributed by atoms with van der Waals surface area (Å²) in [6.07, 6.45) is 3.24. The number of aromatic amines is 1. The van der Waals surface area contributed by atoms with Gasteiger partial charge in [-0.1, -0.05) is 6.07 Å². The third kappa shape index (κ3) is 4.12. The Hall–Kier alpha value is -3.19. The van der Waals surface area contributed by atoms with Crippen LogP contribution in [0.15, 0.2) is 30.3 Å². The predicted octanol–water partition coefficient (Wildman–Crippen LogP) is 3.97. The predicted molar refractivity (Wildman–Crippen MR) is 123 cm³/mol. The third-order valence-electron chi connectivity index (χ3n) is 6.23. The van der Waals surface area contributed by atoms with Crippen LogP contribution in [0, 0.1) is 0 Å². The van der Waals surface area contributed by atoms with E-state index >= 15 is 0 Å². The number of rotatable bonds is 7. The Kier molecular flexibility index (Phi) is 6.28. The maximum atomic E-state index is 12.7. The standard InChI is InChI=1S/C25H30N2O5/c1-27(2)17-7-9-21-19(13-17)18-10-15(6-8-20(18)26-21)14-32-25(28)16-11-22(29-3)24(31-5)23(12-16)30-4/h6,8,10-12,17,26H,7,9,13-14H2,1-5H3. The molecule has 0 aliphatic heterocycles. The Bertz CT molecular complexity index is 1110. The van der Waals surface area contributed by atoms with Gasteiger partial charge in [-0.25, -0.2) is 4.79 Å². The number of nitrogens with one attached hydrogen (secondary N) is 1. The number of methoxy groups -OCH3 is 3. The average Bonchev–Trinajstić information content (AvgIpc) is 3.18. The molecule has 0 amide bonds. The molecule has 1 aromatic heterocycles. The lowest BCUT2D eigenvalue weighted by Crippen LogP contribution is -2.33. The molecule has 32 heavy (non-hydrogen) atoms. The van der Waals surface area contributed by atoms with E-state index < -0.39 is 5.97 Å². The zero-order valence-electron chi connectivity index (χ0n) is 19.3. The number of hydrogen-bond acceptors (Lipinski definition) is 6. The molecule has 0 fully saturated rings. The fourth-order valence-electron chi connectivity index (χ4n) is 4.41. The highest BCUT2D eigenvalue weighted by molar-refractivity contribution is 5.91. The minimum Gasteiger partial charge on any atom is -0.493 e. The molecule has 1 aliphatic rings. The molecule has 1 aliphatic carbocycles. The first-order valence-corrected chi connectivity index (χ1v) is 10.7. The maximum Gasteiger partial charge on any atom is 0.338 e. The van der Waals surface area contributed by atoms with Crippen LogP contribution >= 0.6 is 0 Å². The SMILES string of the molecule is COc1cc(C(=O)OCc2ccc3[nH]c4c(c3c2)CC(N(C)C)CC4)cc(OC)c1OC. The van der Waals surface area contributed by atoms with Crippen molar-refractivity contribution in [2.24, 2.45) is 0 Å². The van der Waals surface area contributed by atoms with Crippen molar-refractivity contribution < 1.29 is 23.7 Å². The van der Waals surface area contributed by atoms with Crippen LogP contribution in [0.5, 0.6) is 17.2 Å². The summed E-state index contributed by atoms with van der Waals surface area (Å²) >= 11 is 0. The van der Waals surface area contributed by atoms with Gasteiger partial charge in [-0.2, -0.15) is 0 Å². The summed E-state index contributed by atoms with van der Waals surface area (Å²) in [5.41, 5.74) is 5.13. The number of aryl methyl sites for hydroxylation is 1. The van der Waals surface area contributed by atoms with Crippen molar-refractivity contribution in [3.05, 3.63) is 52.7 Å². The van der Waals surface area contributed by atoms with Crippen LogP contribution in [-0.2, 0) is 24.2 Å². The van der Waals surface area contributed by atoms with Crippen molar-refractivity contribution in [2.45, 2.75) is 31.9 Å². The highest BCUT2D eigenvalue weighted by Crippen LogP contribution is 2.38. The van der Waals surface area contributed by atoms with Gasteiger partial charge in [0.25, 0.3) is 0 Å². The number of benzene rings is 2. The first-order chi connectivity index (χ1) is 15.4. The summed E-state index contributed by atoms with van der Waals surface area (Å²) in [6.45, 7) is 0.183. The van der Waals surface area contributed by atoms with Gasteiger partial charge in [0.15, 0.2) is 11.5 Å². The van der Waals surface area contributed by atoms with Crippen molar-refractivity contribution >= 4 is 16.9 Å². The second-order valence-corrected chi connectivity index (χ2v) is 8.31. The van der Waals surface area contributed by atoms with Gasteiger partial charge >= 0.3 is 5.97 Å². The second kappa shape index (κ2) is 9.12. The van der Waals surface area contributed by atoms with Gasteiger partial charge in [0, 0.05) is 22.6 Å². The first kappa shape index (κ1) is 22.0. The zero-order valence-corrected chi connectivity index (χ0v) is 19.3. The Morgan fingerprint density at radius 1 is 1.06 bits per heavy atom. The topological polar surface area (TPSA) is 73.0 Å². The van der Waals surface area contributed by atoms with Gasteiger partial charge in [-0.3, -0.25) is 0 Å². The minimum atomic E-state index is -0.451. The van der Waals surface area contributed by atoms with Crippen LogP contribution in [0.1, 0.15) is 33.6 Å². The van der Waals surface area contributed by atoms with Gasteiger partial charge < -0.3 is 28.8 Å². The molecule has 0 saturated carbocycles. The van der Waals surface area contributed by atoms with Crippen molar-refractivity contribution in [3.8, 4) is 17.2 Å². The first-order valence-electron chi connectivity index (χ1n) is 10.7. The van der Waals surface area contributed by atoms with E-state index in [9.17, 15) is 4.79 Å². The molecule has 1 N–H and O–H groups in total. The number of fused-ring (bicyclic) bond motifs is 3. The van der Waals surface area contributed by atoms with Gasteiger partial charge in [-0.15, -0.1) is 0 Å². The molecule has 1 unspecified atom stereocenters. The van der Waals surface area contributed by atoms with E-state index in [-0.39, 0.29) is 6.61 Å². The molecule has 4 rings (SSSR count). The summed E-state index contributed by atoms with van der Waals surface area (Å²) in [7, 11) is 8.83. The van der Waals surface area contributed by atoms with Gasteiger partial charge in [0.2, 0.25) is 5.75 Å². The summed E-state index contributed by atoms with van der Waals surface area (Å²) in [6, 6.07) is 9.93. The van der Waals surface area contributed by atoms with Gasteiger partial charge in [0.05, 0.1) is 26.9 Å². The van der Waals surface area contributed by atoms with Crippen molar-refractivity contribution in [2.75, 3.05) is 35.4 Å². The number of carbonyl (C=O) groups excluding carboxylic acids is 1. The molecular formula is C25H30N2O5. The number of H-pyrrole nitrogens is 1. The Balaban J connectivity index is 1.53. The number of esters is 1. The molecule has 0 saturated heterocycles. The van der Waals surface area contributed by atoms with Gasteiger partial charge in [0.1, 0.15) is 6.61 Å². The van der Waals surface area contributed by atoms with Crippen molar-refractivity contribution in [1.82, 2.24) is 9.88 Å². The van der Waals surface area contributed by atoms with Crippen LogP contribution in [-0.4, -0.2) is 57.3 Å². The lowest BCUT2D eigenvalue weighted by molar-refractivity contribution is 0.0472. The lowest BCUT2D eigenvalue weighted by Gasteiger charge is -2.28. The van der Waals surface area contributed by atoms with Gasteiger partial charge in [-0.05, 0) is 68.8 Å². The average molecular weight is 439 g/mol. The molecule has 0 spiro atoms. The zero-order chi connectivity index (χ0) is 22.8. The number of carbonyl (C=O) groups is 1. The fourth-order valence-corrected chi connectivity index (χ4v) is 4.41. The summed E-state index contributed by atoms with van der Waals surface area (Å²) < 4.78 is 21.6. The largest absolute Gasteiger partial charge is 0.493 e.